The molecule has 1 N–H and O–H groups in total. The average Bonchev–Trinajstić information content (AvgIpc) is 2.81. The minimum absolute atomic E-state index is 0.0731. The lowest BCUT2D eigenvalue weighted by molar-refractivity contribution is 0.0506. The van der Waals surface area contributed by atoms with Gasteiger partial charge in [0.25, 0.3) is 0 Å². The molecular weight excluding hydrogens is 263 g/mol. The fraction of sp³-hybridized carbons (Fsp3) is 0.286. The molecule has 0 spiro atoms. The number of aromatic hydroxyl groups is 1. The Kier molecular flexibility index (Phi) is 4.02. The summed E-state index contributed by atoms with van der Waals surface area (Å²) < 4.78 is 19.8. The number of halogens is 1. The smallest absolute Gasteiger partial charge is 0.359 e. The van der Waals surface area contributed by atoms with Crippen LogP contribution in [0.15, 0.2) is 30.6 Å². The van der Waals surface area contributed by atoms with Gasteiger partial charge in [-0.25, -0.2) is 9.78 Å². The van der Waals surface area contributed by atoms with Gasteiger partial charge in [0.05, 0.1) is 19.0 Å². The van der Waals surface area contributed by atoms with Crippen molar-refractivity contribution in [3.05, 3.63) is 47.8 Å². The minimum Gasteiger partial charge on any atom is -0.508 e. The predicted octanol–water partition coefficient (Wildman–Crippen LogP) is 2.51. The SMILES string of the molecule is CCOC(=O)c1c(F)ncn1C(C)c1ccccc1O. The van der Waals surface area contributed by atoms with Crippen molar-refractivity contribution in [1.29, 1.82) is 0 Å². The molecule has 0 amide bonds. The molecule has 5 nitrogen and oxygen atoms in total. The van der Waals surface area contributed by atoms with Gasteiger partial charge in [0.1, 0.15) is 5.75 Å². The topological polar surface area (TPSA) is 64.3 Å². The van der Waals surface area contributed by atoms with Crippen molar-refractivity contribution >= 4 is 5.97 Å². The summed E-state index contributed by atoms with van der Waals surface area (Å²) >= 11 is 0. The number of para-hydroxylation sites is 1. The van der Waals surface area contributed by atoms with E-state index in [4.69, 9.17) is 4.74 Å². The number of aromatic nitrogens is 2. The first-order valence-corrected chi connectivity index (χ1v) is 6.23. The van der Waals surface area contributed by atoms with Crippen LogP contribution in [0.2, 0.25) is 0 Å². The van der Waals surface area contributed by atoms with E-state index < -0.39 is 18.0 Å². The number of rotatable bonds is 4. The van der Waals surface area contributed by atoms with Crippen LogP contribution in [0.25, 0.3) is 0 Å². The third kappa shape index (κ3) is 2.49. The van der Waals surface area contributed by atoms with Crippen LogP contribution >= 0.6 is 0 Å². The fourth-order valence-corrected chi connectivity index (χ4v) is 2.01. The summed E-state index contributed by atoms with van der Waals surface area (Å²) in [7, 11) is 0. The van der Waals surface area contributed by atoms with E-state index >= 15 is 0 Å². The lowest BCUT2D eigenvalue weighted by atomic mass is 10.1. The molecule has 106 valence electrons. The van der Waals surface area contributed by atoms with Gasteiger partial charge in [-0.1, -0.05) is 18.2 Å². The number of carbonyl (C=O) groups excluding carboxylic acids is 1. The summed E-state index contributed by atoms with van der Waals surface area (Å²) in [5.74, 6) is -1.58. The number of hydrogen-bond donors (Lipinski definition) is 1. The normalized spacial score (nSPS) is 12.2. The molecule has 0 saturated carbocycles. The molecule has 0 aliphatic heterocycles. The molecule has 2 aromatic rings. The second kappa shape index (κ2) is 5.73. The second-order valence-electron chi connectivity index (χ2n) is 4.25. The number of imidazole rings is 1. The highest BCUT2D eigenvalue weighted by Gasteiger charge is 2.24. The van der Waals surface area contributed by atoms with Gasteiger partial charge >= 0.3 is 5.97 Å². The number of ether oxygens (including phenoxy) is 1. The first kappa shape index (κ1) is 14.0. The molecule has 0 bridgehead atoms. The van der Waals surface area contributed by atoms with E-state index in [-0.39, 0.29) is 18.1 Å². The number of nitrogens with zero attached hydrogens (tertiary/aromatic N) is 2. The third-order valence-electron chi connectivity index (χ3n) is 3.02. The molecule has 0 saturated heterocycles. The Morgan fingerprint density at radius 3 is 2.85 bits per heavy atom. The Balaban J connectivity index is 2.43. The van der Waals surface area contributed by atoms with Crippen molar-refractivity contribution in [3.8, 4) is 5.75 Å². The Labute approximate surface area is 115 Å². The van der Waals surface area contributed by atoms with E-state index in [0.717, 1.165) is 0 Å². The van der Waals surface area contributed by atoms with Crippen molar-refractivity contribution in [2.45, 2.75) is 19.9 Å². The van der Waals surface area contributed by atoms with Gasteiger partial charge in [-0.3, -0.25) is 0 Å². The molecule has 0 fully saturated rings. The Hall–Kier alpha value is -2.37. The van der Waals surface area contributed by atoms with Crippen LogP contribution in [0.1, 0.15) is 35.9 Å². The maximum atomic E-state index is 13.7. The van der Waals surface area contributed by atoms with Crippen LogP contribution in [-0.2, 0) is 4.74 Å². The first-order chi connectivity index (χ1) is 9.56. The zero-order valence-electron chi connectivity index (χ0n) is 11.2. The summed E-state index contributed by atoms with van der Waals surface area (Å²) in [6.45, 7) is 3.52. The number of hydrogen-bond acceptors (Lipinski definition) is 4. The maximum absolute atomic E-state index is 13.7. The van der Waals surface area contributed by atoms with E-state index in [1.165, 1.54) is 17.0 Å². The van der Waals surface area contributed by atoms with E-state index in [1.54, 1.807) is 32.0 Å². The zero-order chi connectivity index (χ0) is 14.7. The highest BCUT2D eigenvalue weighted by molar-refractivity contribution is 5.87. The van der Waals surface area contributed by atoms with E-state index in [9.17, 15) is 14.3 Å². The summed E-state index contributed by atoms with van der Waals surface area (Å²) in [6, 6.07) is 6.22. The number of carbonyl (C=O) groups is 1. The maximum Gasteiger partial charge on any atom is 0.359 e. The average molecular weight is 278 g/mol. The van der Waals surface area contributed by atoms with Crippen LogP contribution < -0.4 is 0 Å². The Morgan fingerprint density at radius 2 is 2.20 bits per heavy atom. The van der Waals surface area contributed by atoms with Gasteiger partial charge in [-0.2, -0.15) is 4.39 Å². The Morgan fingerprint density at radius 1 is 1.50 bits per heavy atom. The minimum atomic E-state index is -0.884. The van der Waals surface area contributed by atoms with Crippen molar-refractivity contribution in [2.75, 3.05) is 6.61 Å². The number of phenols is 1. The molecule has 1 aromatic heterocycles. The Bertz CT molecular complexity index is 625. The number of benzene rings is 1. The van der Waals surface area contributed by atoms with Crippen LogP contribution in [-0.4, -0.2) is 27.2 Å². The van der Waals surface area contributed by atoms with Crippen LogP contribution in [0.5, 0.6) is 5.75 Å². The van der Waals surface area contributed by atoms with Gasteiger partial charge in [0, 0.05) is 5.56 Å². The van der Waals surface area contributed by atoms with Crippen molar-refractivity contribution in [1.82, 2.24) is 9.55 Å². The summed E-state index contributed by atoms with van der Waals surface area (Å²) in [5, 5.41) is 9.84. The molecule has 1 aromatic carbocycles. The quantitative estimate of drug-likeness (QED) is 0.873. The van der Waals surface area contributed by atoms with Crippen LogP contribution in [0, 0.1) is 5.95 Å². The van der Waals surface area contributed by atoms with Crippen molar-refractivity contribution in [3.63, 3.8) is 0 Å². The lowest BCUT2D eigenvalue weighted by Gasteiger charge is -2.17. The van der Waals surface area contributed by atoms with Crippen LogP contribution in [0.4, 0.5) is 4.39 Å². The highest BCUT2D eigenvalue weighted by Crippen LogP contribution is 2.28. The third-order valence-corrected chi connectivity index (χ3v) is 3.02. The molecule has 20 heavy (non-hydrogen) atoms. The molecule has 0 aliphatic rings. The number of esters is 1. The van der Waals surface area contributed by atoms with Crippen molar-refractivity contribution in [2.24, 2.45) is 0 Å². The molecule has 1 heterocycles. The lowest BCUT2D eigenvalue weighted by Crippen LogP contribution is -2.17. The molecule has 2 rings (SSSR count). The van der Waals surface area contributed by atoms with Crippen LogP contribution in [0.3, 0.4) is 0 Å². The molecule has 0 aliphatic carbocycles. The summed E-state index contributed by atoms with van der Waals surface area (Å²) in [4.78, 5) is 15.3. The van der Waals surface area contributed by atoms with E-state index in [0.29, 0.717) is 5.56 Å². The van der Waals surface area contributed by atoms with Gasteiger partial charge in [-0.15, -0.1) is 0 Å². The summed E-state index contributed by atoms with van der Waals surface area (Å²) in [6.07, 6.45) is 1.22. The zero-order valence-corrected chi connectivity index (χ0v) is 11.2. The molecule has 0 radical (unpaired) electrons. The van der Waals surface area contributed by atoms with Crippen molar-refractivity contribution < 1.29 is 19.0 Å². The largest absolute Gasteiger partial charge is 0.508 e. The van der Waals surface area contributed by atoms with Gasteiger partial charge < -0.3 is 14.4 Å². The van der Waals surface area contributed by atoms with Gasteiger partial charge in [-0.05, 0) is 19.9 Å². The monoisotopic (exact) mass is 278 g/mol. The van der Waals surface area contributed by atoms with Gasteiger partial charge in [0.2, 0.25) is 5.95 Å². The molecule has 6 heteroatoms. The second-order valence-corrected chi connectivity index (χ2v) is 4.25. The fourth-order valence-electron chi connectivity index (χ4n) is 2.01. The highest BCUT2D eigenvalue weighted by atomic mass is 19.1. The molecule has 1 atom stereocenters. The number of phenolic OH excluding ortho intramolecular Hbond substituents is 1. The van der Waals surface area contributed by atoms with E-state index in [2.05, 4.69) is 4.98 Å². The van der Waals surface area contributed by atoms with E-state index in [1.807, 2.05) is 0 Å². The first-order valence-electron chi connectivity index (χ1n) is 6.23. The standard InChI is InChI=1S/C14H15FN2O3/c1-3-20-14(19)12-13(15)16-8-17(12)9(2)10-6-4-5-7-11(10)18/h4-9,18H,3H2,1-2H3. The molecule has 1 unspecified atom stereocenters. The molecular formula is C14H15FN2O3. The van der Waals surface area contributed by atoms with Gasteiger partial charge in [0.15, 0.2) is 5.69 Å². The summed E-state index contributed by atoms with van der Waals surface area (Å²) in [5.41, 5.74) is 0.318. The predicted molar refractivity (Wildman–Crippen MR) is 70.1 cm³/mol.